The number of rotatable bonds is 5. The van der Waals surface area contributed by atoms with E-state index in [1.165, 1.54) is 0 Å². The number of carboxylic acid groups (broad SMARTS) is 1. The molecule has 0 saturated carbocycles. The highest BCUT2D eigenvalue weighted by molar-refractivity contribution is 5.85. The predicted octanol–water partition coefficient (Wildman–Crippen LogP) is 0.909. The number of hydrogen-bond donors (Lipinski definition) is 1. The van der Waals surface area contributed by atoms with Gasteiger partial charge in [-0.1, -0.05) is 6.58 Å². The third-order valence-corrected chi connectivity index (χ3v) is 0.823. The van der Waals surface area contributed by atoms with Crippen LogP contribution in [0, 0.1) is 0 Å². The maximum absolute atomic E-state index is 11.4. The van der Waals surface area contributed by atoms with E-state index in [0.717, 1.165) is 0 Å². The average molecular weight is 166 g/mol. The van der Waals surface area contributed by atoms with Crippen molar-refractivity contribution in [2.45, 2.75) is 6.43 Å². The topological polar surface area (TPSA) is 46.5 Å². The average Bonchev–Trinajstić information content (AvgIpc) is 1.86. The highest BCUT2D eigenvalue weighted by Crippen LogP contribution is 1.96. The van der Waals surface area contributed by atoms with E-state index in [2.05, 4.69) is 11.3 Å². The van der Waals surface area contributed by atoms with Crippen LogP contribution in [0.25, 0.3) is 0 Å². The molecule has 5 heteroatoms. The van der Waals surface area contributed by atoms with Crippen molar-refractivity contribution in [1.29, 1.82) is 0 Å². The Balaban J connectivity index is 3.40. The minimum absolute atomic E-state index is 0.231. The summed E-state index contributed by atoms with van der Waals surface area (Å²) < 4.78 is 27.1. The van der Waals surface area contributed by atoms with E-state index in [9.17, 15) is 13.6 Å². The van der Waals surface area contributed by atoms with Crippen molar-refractivity contribution in [2.24, 2.45) is 0 Å². The molecular formula is C6H8F2O3. The van der Waals surface area contributed by atoms with Gasteiger partial charge in [0.1, 0.15) is 6.61 Å². The molecule has 0 aliphatic carbocycles. The molecule has 11 heavy (non-hydrogen) atoms. The van der Waals surface area contributed by atoms with Crippen LogP contribution < -0.4 is 0 Å². The largest absolute Gasteiger partial charge is 0.478 e. The van der Waals surface area contributed by atoms with E-state index in [1.807, 2.05) is 0 Å². The van der Waals surface area contributed by atoms with Crippen molar-refractivity contribution in [1.82, 2.24) is 0 Å². The molecule has 0 aromatic rings. The van der Waals surface area contributed by atoms with Crippen molar-refractivity contribution < 1.29 is 23.4 Å². The Hall–Kier alpha value is -0.970. The summed E-state index contributed by atoms with van der Waals surface area (Å²) in [5, 5.41) is 8.18. The summed E-state index contributed by atoms with van der Waals surface area (Å²) in [6.07, 6.45) is -2.57. The van der Waals surface area contributed by atoms with Crippen LogP contribution in [0.4, 0.5) is 8.78 Å². The first kappa shape index (κ1) is 10.0. The third-order valence-electron chi connectivity index (χ3n) is 0.823. The molecule has 3 nitrogen and oxygen atoms in total. The number of carbonyl (C=O) groups is 1. The molecule has 0 aliphatic rings. The van der Waals surface area contributed by atoms with Crippen LogP contribution in [0.1, 0.15) is 0 Å². The highest BCUT2D eigenvalue weighted by atomic mass is 19.3. The Morgan fingerprint density at radius 1 is 1.64 bits per heavy atom. The maximum atomic E-state index is 11.4. The first-order valence-electron chi connectivity index (χ1n) is 2.81. The summed E-state index contributed by atoms with van der Waals surface area (Å²) >= 11 is 0. The zero-order chi connectivity index (χ0) is 8.85. The van der Waals surface area contributed by atoms with Gasteiger partial charge in [-0.2, -0.15) is 0 Å². The molecular weight excluding hydrogens is 158 g/mol. The summed E-state index contributed by atoms with van der Waals surface area (Å²) in [6.45, 7) is 1.96. The number of hydrogen-bond acceptors (Lipinski definition) is 2. The molecule has 0 rings (SSSR count). The molecule has 0 aromatic heterocycles. The fourth-order valence-corrected chi connectivity index (χ4v) is 0.333. The Morgan fingerprint density at radius 3 is 2.55 bits per heavy atom. The second kappa shape index (κ2) is 4.79. The van der Waals surface area contributed by atoms with Gasteiger partial charge in [0.15, 0.2) is 0 Å². The quantitative estimate of drug-likeness (QED) is 0.617. The number of carboxylic acids is 1. The van der Waals surface area contributed by atoms with Crippen molar-refractivity contribution in [2.75, 3.05) is 13.2 Å². The molecule has 0 spiro atoms. The maximum Gasteiger partial charge on any atom is 0.333 e. The molecule has 64 valence electrons. The molecule has 0 aliphatic heterocycles. The summed E-state index contributed by atoms with van der Waals surface area (Å²) in [6, 6.07) is 0. The molecule has 0 atom stereocenters. The summed E-state index contributed by atoms with van der Waals surface area (Å²) in [7, 11) is 0. The van der Waals surface area contributed by atoms with Crippen molar-refractivity contribution in [3.63, 3.8) is 0 Å². The second-order valence-corrected chi connectivity index (χ2v) is 1.81. The minimum Gasteiger partial charge on any atom is -0.478 e. The number of ether oxygens (including phenoxy) is 1. The fourth-order valence-electron chi connectivity index (χ4n) is 0.333. The van der Waals surface area contributed by atoms with Gasteiger partial charge in [0.05, 0.1) is 12.2 Å². The van der Waals surface area contributed by atoms with Gasteiger partial charge in [-0.05, 0) is 0 Å². The molecule has 0 aromatic carbocycles. The van der Waals surface area contributed by atoms with Gasteiger partial charge < -0.3 is 9.84 Å². The van der Waals surface area contributed by atoms with E-state index < -0.39 is 19.0 Å². The minimum atomic E-state index is -2.57. The van der Waals surface area contributed by atoms with E-state index in [4.69, 9.17) is 5.11 Å². The summed E-state index contributed by atoms with van der Waals surface area (Å²) in [4.78, 5) is 10.0. The lowest BCUT2D eigenvalue weighted by Crippen LogP contribution is -2.11. The van der Waals surface area contributed by atoms with Crippen molar-refractivity contribution in [3.8, 4) is 0 Å². The third kappa shape index (κ3) is 5.47. The van der Waals surface area contributed by atoms with Crippen LogP contribution in [-0.2, 0) is 9.53 Å². The normalized spacial score (nSPS) is 10.1. The zero-order valence-electron chi connectivity index (χ0n) is 5.72. The molecule has 1 N–H and O–H groups in total. The van der Waals surface area contributed by atoms with E-state index in [-0.39, 0.29) is 12.2 Å². The Morgan fingerprint density at radius 2 is 2.18 bits per heavy atom. The molecule has 0 heterocycles. The smallest absolute Gasteiger partial charge is 0.333 e. The lowest BCUT2D eigenvalue weighted by Gasteiger charge is -2.01. The predicted molar refractivity (Wildman–Crippen MR) is 33.6 cm³/mol. The molecule has 0 unspecified atom stereocenters. The first-order valence-corrected chi connectivity index (χ1v) is 2.81. The standard InChI is InChI=1S/C6H8F2O3/c1-4(6(9)10)2-11-3-5(7)8/h5H,1-3H2,(H,9,10). The summed E-state index contributed by atoms with van der Waals surface area (Å²) in [5.41, 5.74) is -0.231. The van der Waals surface area contributed by atoms with E-state index in [1.54, 1.807) is 0 Å². The van der Waals surface area contributed by atoms with Gasteiger partial charge in [-0.3, -0.25) is 0 Å². The number of aliphatic carboxylic acids is 1. The number of halogens is 2. The second-order valence-electron chi connectivity index (χ2n) is 1.81. The van der Waals surface area contributed by atoms with E-state index >= 15 is 0 Å². The zero-order valence-corrected chi connectivity index (χ0v) is 5.72. The van der Waals surface area contributed by atoms with Gasteiger partial charge in [0.25, 0.3) is 6.43 Å². The lowest BCUT2D eigenvalue weighted by atomic mass is 10.3. The van der Waals surface area contributed by atoms with Gasteiger partial charge in [0.2, 0.25) is 0 Å². The SMILES string of the molecule is C=C(COCC(F)F)C(=O)O. The van der Waals surface area contributed by atoms with Gasteiger partial charge in [-0.25, -0.2) is 13.6 Å². The van der Waals surface area contributed by atoms with Crippen LogP contribution in [0.15, 0.2) is 12.2 Å². The Kier molecular flexibility index (Phi) is 4.36. The van der Waals surface area contributed by atoms with Crippen LogP contribution in [0.3, 0.4) is 0 Å². The van der Waals surface area contributed by atoms with Gasteiger partial charge in [0, 0.05) is 0 Å². The van der Waals surface area contributed by atoms with Gasteiger partial charge in [-0.15, -0.1) is 0 Å². The molecule has 0 saturated heterocycles. The molecule has 0 fully saturated rings. The molecule has 0 radical (unpaired) electrons. The Bertz CT molecular complexity index is 156. The monoisotopic (exact) mass is 166 g/mol. The number of alkyl halides is 2. The fraction of sp³-hybridized carbons (Fsp3) is 0.500. The highest BCUT2D eigenvalue weighted by Gasteiger charge is 2.06. The van der Waals surface area contributed by atoms with Crippen LogP contribution in [0.2, 0.25) is 0 Å². The van der Waals surface area contributed by atoms with Crippen LogP contribution in [0.5, 0.6) is 0 Å². The van der Waals surface area contributed by atoms with Crippen LogP contribution in [-0.4, -0.2) is 30.7 Å². The van der Waals surface area contributed by atoms with E-state index in [0.29, 0.717) is 0 Å². The lowest BCUT2D eigenvalue weighted by molar-refractivity contribution is -0.133. The van der Waals surface area contributed by atoms with Crippen molar-refractivity contribution >= 4 is 5.97 Å². The van der Waals surface area contributed by atoms with Gasteiger partial charge >= 0.3 is 5.97 Å². The Labute approximate surface area is 62.3 Å². The van der Waals surface area contributed by atoms with Crippen molar-refractivity contribution in [3.05, 3.63) is 12.2 Å². The summed E-state index contributed by atoms with van der Waals surface area (Å²) in [5.74, 6) is -1.24. The molecule has 0 bridgehead atoms. The first-order chi connectivity index (χ1) is 5.04. The molecule has 0 amide bonds. The van der Waals surface area contributed by atoms with Crippen LogP contribution >= 0.6 is 0 Å².